The van der Waals surface area contributed by atoms with E-state index in [1.165, 1.54) is 45.2 Å². The number of nitrogens with one attached hydrogen (secondary N) is 4. The molecule has 0 saturated heterocycles. The second kappa shape index (κ2) is 23.5. The van der Waals surface area contributed by atoms with Gasteiger partial charge in [-0.1, -0.05) is 37.4 Å². The number of methoxy groups -OCH3 is 1. The third-order valence-electron chi connectivity index (χ3n) is 7.75. The molecule has 55 heavy (non-hydrogen) atoms. The van der Waals surface area contributed by atoms with Crippen LogP contribution in [-0.4, -0.2) is 87.9 Å². The number of carbonyl (C=O) groups excluding carboxylic acids is 7. The SMILES string of the molecule is C=C(C)C(=O)Oc1ccc(C(CNC(=O)NCCCCC(NC(=O)NCC(C(=O)OCC)c2ccc(OC(=O)C(=C)C)cc2)C(=O)OC)C(=O)OCC)cc1. The molecule has 4 N–H and O–H groups in total. The summed E-state index contributed by atoms with van der Waals surface area (Å²) in [4.78, 5) is 86.9. The van der Waals surface area contributed by atoms with Crippen molar-refractivity contribution in [3.8, 4) is 11.5 Å². The molecule has 0 radical (unpaired) electrons. The van der Waals surface area contributed by atoms with Crippen LogP contribution in [0.5, 0.6) is 11.5 Å². The topological polar surface area (TPSA) is 214 Å². The molecular weight excluding hydrogens is 716 g/mol. The molecule has 0 heterocycles. The molecule has 0 aliphatic heterocycles. The maximum atomic E-state index is 12.8. The summed E-state index contributed by atoms with van der Waals surface area (Å²) in [5.41, 5.74) is 1.48. The molecule has 0 bridgehead atoms. The van der Waals surface area contributed by atoms with Crippen molar-refractivity contribution in [1.82, 2.24) is 21.3 Å². The van der Waals surface area contributed by atoms with E-state index in [2.05, 4.69) is 34.4 Å². The highest BCUT2D eigenvalue weighted by Crippen LogP contribution is 2.23. The summed E-state index contributed by atoms with van der Waals surface area (Å²) in [6.07, 6.45) is 1.01. The Labute approximate surface area is 320 Å². The molecule has 0 saturated carbocycles. The lowest BCUT2D eigenvalue weighted by molar-refractivity contribution is -0.145. The molecule has 2 aromatic carbocycles. The standard InChI is InChI=1S/C39H50N4O12/c1-8-52-35(46)30(26-13-17-28(18-14-26)54-33(44)24(3)4)22-41-38(49)40-21-11-10-12-32(37(48)51-7)43-39(50)42-23-31(36(47)53-9-2)27-15-19-29(20-16-27)55-34(45)25(5)6/h13-20,30-32H,3,5,8-12,21-23H2,1-2,4,6-7H3,(H2,40,41,49)(H2,42,43,50). The van der Waals surface area contributed by atoms with Crippen LogP contribution in [0.1, 0.15) is 69.9 Å². The zero-order valence-electron chi connectivity index (χ0n) is 31.8. The first-order chi connectivity index (χ1) is 26.2. The fraction of sp³-hybridized carbons (Fsp3) is 0.410. The van der Waals surface area contributed by atoms with Crippen LogP contribution >= 0.6 is 0 Å². The fourth-order valence-corrected chi connectivity index (χ4v) is 4.81. The van der Waals surface area contributed by atoms with Crippen LogP contribution in [0.2, 0.25) is 0 Å². The minimum atomic E-state index is -1.02. The molecule has 16 nitrogen and oxygen atoms in total. The highest BCUT2D eigenvalue weighted by atomic mass is 16.5. The van der Waals surface area contributed by atoms with E-state index in [4.69, 9.17) is 23.7 Å². The van der Waals surface area contributed by atoms with Gasteiger partial charge in [-0.15, -0.1) is 0 Å². The molecule has 0 aromatic heterocycles. The fourth-order valence-electron chi connectivity index (χ4n) is 4.81. The Morgan fingerprint density at radius 3 is 1.45 bits per heavy atom. The monoisotopic (exact) mass is 766 g/mol. The van der Waals surface area contributed by atoms with Crippen molar-refractivity contribution in [2.24, 2.45) is 0 Å². The van der Waals surface area contributed by atoms with Crippen LogP contribution in [0.15, 0.2) is 72.8 Å². The van der Waals surface area contributed by atoms with Gasteiger partial charge in [0.05, 0.1) is 32.2 Å². The lowest BCUT2D eigenvalue weighted by Gasteiger charge is -2.20. The summed E-state index contributed by atoms with van der Waals surface area (Å²) in [7, 11) is 1.19. The van der Waals surface area contributed by atoms with Crippen molar-refractivity contribution >= 4 is 41.9 Å². The average Bonchev–Trinajstić information content (AvgIpc) is 3.15. The van der Waals surface area contributed by atoms with Gasteiger partial charge in [-0.2, -0.15) is 0 Å². The summed E-state index contributed by atoms with van der Waals surface area (Å²) in [6.45, 7) is 13.6. The number of carbonyl (C=O) groups is 7. The maximum absolute atomic E-state index is 12.8. The van der Waals surface area contributed by atoms with E-state index in [9.17, 15) is 33.6 Å². The molecule has 16 heteroatoms. The molecule has 0 aliphatic carbocycles. The number of ether oxygens (including phenoxy) is 5. The predicted molar refractivity (Wildman–Crippen MR) is 200 cm³/mol. The zero-order valence-corrected chi connectivity index (χ0v) is 31.8. The zero-order chi connectivity index (χ0) is 40.9. The molecule has 0 aliphatic rings. The van der Waals surface area contributed by atoms with Gasteiger partial charge in [-0.05, 0) is 82.3 Å². The van der Waals surface area contributed by atoms with Gasteiger partial charge in [-0.3, -0.25) is 9.59 Å². The first kappa shape index (κ1) is 45.0. The van der Waals surface area contributed by atoms with Gasteiger partial charge in [0.1, 0.15) is 17.5 Å². The highest BCUT2D eigenvalue weighted by molar-refractivity contribution is 5.89. The van der Waals surface area contributed by atoms with Gasteiger partial charge in [-0.25, -0.2) is 24.0 Å². The summed E-state index contributed by atoms with van der Waals surface area (Å²) in [5.74, 6) is -4.24. The minimum absolute atomic E-state index is 0.0772. The van der Waals surface area contributed by atoms with E-state index in [1.54, 1.807) is 38.1 Å². The predicted octanol–water partition coefficient (Wildman–Crippen LogP) is 3.95. The quantitative estimate of drug-likeness (QED) is 0.0468. The number of urea groups is 2. The van der Waals surface area contributed by atoms with Gasteiger partial charge in [0, 0.05) is 30.8 Å². The van der Waals surface area contributed by atoms with Crippen molar-refractivity contribution in [3.05, 3.63) is 84.0 Å². The third-order valence-corrected chi connectivity index (χ3v) is 7.75. The molecule has 4 amide bonds. The smallest absolute Gasteiger partial charge is 0.338 e. The molecule has 3 atom stereocenters. The van der Waals surface area contributed by atoms with Crippen molar-refractivity contribution < 1.29 is 57.2 Å². The Morgan fingerprint density at radius 1 is 0.618 bits per heavy atom. The van der Waals surface area contributed by atoms with Gasteiger partial charge in [0.2, 0.25) is 0 Å². The van der Waals surface area contributed by atoms with Crippen molar-refractivity contribution in [2.75, 3.05) is 40.0 Å². The molecule has 3 unspecified atom stereocenters. The van der Waals surface area contributed by atoms with E-state index in [0.29, 0.717) is 24.0 Å². The Balaban J connectivity index is 1.89. The largest absolute Gasteiger partial charge is 0.467 e. The maximum Gasteiger partial charge on any atom is 0.338 e. The van der Waals surface area contributed by atoms with E-state index >= 15 is 0 Å². The van der Waals surface area contributed by atoms with Crippen LogP contribution in [0, 0.1) is 0 Å². The average molecular weight is 767 g/mol. The number of hydrogen-bond donors (Lipinski definition) is 4. The van der Waals surface area contributed by atoms with Crippen molar-refractivity contribution in [3.63, 3.8) is 0 Å². The Bertz CT molecular complexity index is 1670. The number of unbranched alkanes of at least 4 members (excludes halogenated alkanes) is 1. The molecule has 0 spiro atoms. The first-order valence-electron chi connectivity index (χ1n) is 17.6. The Kier molecular flexibility index (Phi) is 19.2. The van der Waals surface area contributed by atoms with Crippen molar-refractivity contribution in [1.29, 1.82) is 0 Å². The number of amides is 4. The molecule has 298 valence electrons. The minimum Gasteiger partial charge on any atom is -0.467 e. The molecule has 0 fully saturated rings. The summed E-state index contributed by atoms with van der Waals surface area (Å²) in [5, 5.41) is 10.5. The summed E-state index contributed by atoms with van der Waals surface area (Å²) >= 11 is 0. The van der Waals surface area contributed by atoms with Gasteiger partial charge in [0.15, 0.2) is 0 Å². The van der Waals surface area contributed by atoms with E-state index < -0.39 is 59.8 Å². The lowest BCUT2D eigenvalue weighted by atomic mass is 9.99. The summed E-state index contributed by atoms with van der Waals surface area (Å²) < 4.78 is 25.6. The lowest BCUT2D eigenvalue weighted by Crippen LogP contribution is -2.47. The number of rotatable bonds is 21. The van der Waals surface area contributed by atoms with Crippen LogP contribution in [0.25, 0.3) is 0 Å². The van der Waals surface area contributed by atoms with E-state index in [1.807, 2.05) is 0 Å². The van der Waals surface area contributed by atoms with Crippen LogP contribution in [0.3, 0.4) is 0 Å². The van der Waals surface area contributed by atoms with Gasteiger partial charge < -0.3 is 45.0 Å². The van der Waals surface area contributed by atoms with Gasteiger partial charge >= 0.3 is 41.9 Å². The highest BCUT2D eigenvalue weighted by Gasteiger charge is 2.26. The third kappa shape index (κ3) is 15.8. The molecule has 2 rings (SSSR count). The van der Waals surface area contributed by atoms with Gasteiger partial charge in [0.25, 0.3) is 0 Å². The number of hydrogen-bond acceptors (Lipinski definition) is 12. The second-order valence-electron chi connectivity index (χ2n) is 12.1. The van der Waals surface area contributed by atoms with Crippen LogP contribution < -0.4 is 30.7 Å². The summed E-state index contributed by atoms with van der Waals surface area (Å²) in [6, 6.07) is 10.1. The Morgan fingerprint density at radius 2 is 1.05 bits per heavy atom. The second-order valence-corrected chi connectivity index (χ2v) is 12.1. The molecular formula is C39H50N4O12. The van der Waals surface area contributed by atoms with E-state index in [0.717, 1.165) is 0 Å². The number of benzene rings is 2. The molecule has 2 aromatic rings. The number of esters is 5. The normalized spacial score (nSPS) is 12.0. The van der Waals surface area contributed by atoms with Crippen LogP contribution in [0.4, 0.5) is 9.59 Å². The van der Waals surface area contributed by atoms with E-state index in [-0.39, 0.29) is 61.9 Å². The first-order valence-corrected chi connectivity index (χ1v) is 17.6. The Hall–Kier alpha value is -6.19. The van der Waals surface area contributed by atoms with Crippen LogP contribution in [-0.2, 0) is 38.2 Å². The van der Waals surface area contributed by atoms with Crippen molar-refractivity contribution in [2.45, 2.75) is 64.8 Å².